The van der Waals surface area contributed by atoms with Crippen molar-refractivity contribution in [1.29, 1.82) is 0 Å². The molecule has 0 unspecified atom stereocenters. The predicted molar refractivity (Wildman–Crippen MR) is 96.3 cm³/mol. The van der Waals surface area contributed by atoms with Gasteiger partial charge in [0, 0.05) is 43.4 Å². The van der Waals surface area contributed by atoms with Gasteiger partial charge in [0.05, 0.1) is 11.1 Å². The summed E-state index contributed by atoms with van der Waals surface area (Å²) in [5.41, 5.74) is 2.83. The van der Waals surface area contributed by atoms with Crippen molar-refractivity contribution in [3.05, 3.63) is 72.4 Å². The zero-order valence-corrected chi connectivity index (χ0v) is 13.4. The lowest BCUT2D eigenvalue weighted by atomic mass is 10.1. The first kappa shape index (κ1) is 14.7. The number of pyridine rings is 1. The predicted octanol–water partition coefficient (Wildman–Crippen LogP) is 3.20. The molecule has 1 aliphatic rings. The molecule has 4 heteroatoms. The number of hydrogen-bond donors (Lipinski definition) is 0. The van der Waals surface area contributed by atoms with Crippen molar-refractivity contribution in [3.8, 4) is 0 Å². The lowest BCUT2D eigenvalue weighted by Crippen LogP contribution is -2.48. The number of hydrogen-bond acceptors (Lipinski definition) is 3. The summed E-state index contributed by atoms with van der Waals surface area (Å²) >= 11 is 0. The topological polar surface area (TPSA) is 36.4 Å². The van der Waals surface area contributed by atoms with Crippen LogP contribution in [0.2, 0.25) is 0 Å². The molecule has 1 aromatic heterocycles. The summed E-state index contributed by atoms with van der Waals surface area (Å²) in [4.78, 5) is 21.6. The van der Waals surface area contributed by atoms with Gasteiger partial charge < -0.3 is 9.80 Å². The summed E-state index contributed by atoms with van der Waals surface area (Å²) in [5.74, 6) is 0.0984. The second kappa shape index (κ2) is 6.32. The van der Waals surface area contributed by atoms with Crippen LogP contribution in [0, 0.1) is 0 Å². The molecule has 1 amide bonds. The number of para-hydroxylation sites is 2. The summed E-state index contributed by atoms with van der Waals surface area (Å²) in [6, 6.07) is 20.0. The van der Waals surface area contributed by atoms with E-state index in [1.807, 2.05) is 41.3 Å². The summed E-state index contributed by atoms with van der Waals surface area (Å²) < 4.78 is 0. The minimum atomic E-state index is 0.0984. The highest BCUT2D eigenvalue weighted by atomic mass is 16.2. The standard InChI is InChI=1S/C20H19N3O/c24-20(18-10-11-21-19-9-5-4-8-17(18)19)23-14-12-22(13-15-23)16-6-2-1-3-7-16/h1-11H,12-15H2. The van der Waals surface area contributed by atoms with Gasteiger partial charge in [-0.2, -0.15) is 0 Å². The van der Waals surface area contributed by atoms with Crippen LogP contribution < -0.4 is 4.90 Å². The maximum absolute atomic E-state index is 12.9. The van der Waals surface area contributed by atoms with Crippen molar-refractivity contribution in [2.24, 2.45) is 0 Å². The second-order valence-electron chi connectivity index (χ2n) is 5.99. The zero-order chi connectivity index (χ0) is 16.4. The van der Waals surface area contributed by atoms with Crippen LogP contribution in [0.15, 0.2) is 66.9 Å². The van der Waals surface area contributed by atoms with Crippen molar-refractivity contribution in [2.75, 3.05) is 31.1 Å². The fourth-order valence-electron chi connectivity index (χ4n) is 3.26. The van der Waals surface area contributed by atoms with Crippen LogP contribution >= 0.6 is 0 Å². The summed E-state index contributed by atoms with van der Waals surface area (Å²) in [6.45, 7) is 3.20. The van der Waals surface area contributed by atoms with Crippen LogP contribution in [-0.2, 0) is 0 Å². The van der Waals surface area contributed by atoms with Crippen LogP contribution in [0.1, 0.15) is 10.4 Å². The van der Waals surface area contributed by atoms with E-state index in [1.54, 1.807) is 6.20 Å². The molecule has 3 aromatic rings. The highest BCUT2D eigenvalue weighted by molar-refractivity contribution is 6.06. The third-order valence-corrected chi connectivity index (χ3v) is 4.57. The molecule has 2 heterocycles. The first-order chi connectivity index (χ1) is 11.8. The molecule has 1 saturated heterocycles. The normalized spacial score (nSPS) is 14.8. The molecule has 1 aliphatic heterocycles. The third-order valence-electron chi connectivity index (χ3n) is 4.57. The minimum absolute atomic E-state index is 0.0984. The lowest BCUT2D eigenvalue weighted by molar-refractivity contribution is 0.0748. The number of nitrogens with zero attached hydrogens (tertiary/aromatic N) is 3. The van der Waals surface area contributed by atoms with Crippen molar-refractivity contribution in [3.63, 3.8) is 0 Å². The maximum Gasteiger partial charge on any atom is 0.254 e. The highest BCUT2D eigenvalue weighted by Crippen LogP contribution is 2.20. The highest BCUT2D eigenvalue weighted by Gasteiger charge is 2.23. The minimum Gasteiger partial charge on any atom is -0.368 e. The molecule has 0 N–H and O–H groups in total. The molecule has 2 aromatic carbocycles. The zero-order valence-electron chi connectivity index (χ0n) is 13.4. The van der Waals surface area contributed by atoms with Crippen molar-refractivity contribution < 1.29 is 4.79 Å². The fourth-order valence-corrected chi connectivity index (χ4v) is 3.26. The van der Waals surface area contributed by atoms with Crippen molar-refractivity contribution in [2.45, 2.75) is 0 Å². The number of piperazine rings is 1. The first-order valence-electron chi connectivity index (χ1n) is 8.26. The van der Waals surface area contributed by atoms with E-state index in [-0.39, 0.29) is 5.91 Å². The van der Waals surface area contributed by atoms with Gasteiger partial charge in [-0.3, -0.25) is 9.78 Å². The number of anilines is 1. The van der Waals surface area contributed by atoms with E-state index >= 15 is 0 Å². The number of fused-ring (bicyclic) bond motifs is 1. The third kappa shape index (κ3) is 2.71. The van der Waals surface area contributed by atoms with E-state index in [1.165, 1.54) is 5.69 Å². The Balaban J connectivity index is 1.52. The fraction of sp³-hybridized carbons (Fsp3) is 0.200. The van der Waals surface area contributed by atoms with Gasteiger partial charge >= 0.3 is 0 Å². The van der Waals surface area contributed by atoms with E-state index in [9.17, 15) is 4.79 Å². The van der Waals surface area contributed by atoms with E-state index in [0.717, 1.165) is 42.6 Å². The molecule has 0 atom stereocenters. The molecule has 4 rings (SSSR count). The van der Waals surface area contributed by atoms with Gasteiger partial charge in [-0.1, -0.05) is 36.4 Å². The summed E-state index contributed by atoms with van der Waals surface area (Å²) in [5, 5.41) is 0.926. The molecular formula is C20H19N3O. The van der Waals surface area contributed by atoms with E-state index in [2.05, 4.69) is 34.1 Å². The number of rotatable bonds is 2. The largest absolute Gasteiger partial charge is 0.368 e. The van der Waals surface area contributed by atoms with Gasteiger partial charge in [-0.25, -0.2) is 0 Å². The van der Waals surface area contributed by atoms with Gasteiger partial charge in [0.15, 0.2) is 0 Å². The number of carbonyl (C=O) groups is 1. The lowest BCUT2D eigenvalue weighted by Gasteiger charge is -2.36. The number of aromatic nitrogens is 1. The van der Waals surface area contributed by atoms with Crippen LogP contribution in [0.25, 0.3) is 10.9 Å². The number of amides is 1. The number of carbonyl (C=O) groups excluding carboxylic acids is 1. The molecule has 0 aliphatic carbocycles. The Bertz CT molecular complexity index is 850. The molecule has 0 bridgehead atoms. The van der Waals surface area contributed by atoms with E-state index in [0.29, 0.717) is 0 Å². The molecule has 1 fully saturated rings. The Morgan fingerprint density at radius 3 is 2.33 bits per heavy atom. The Hall–Kier alpha value is -2.88. The average molecular weight is 317 g/mol. The van der Waals surface area contributed by atoms with Gasteiger partial charge in [0.25, 0.3) is 5.91 Å². The Kier molecular flexibility index (Phi) is 3.87. The van der Waals surface area contributed by atoms with Crippen LogP contribution in [0.5, 0.6) is 0 Å². The summed E-state index contributed by atoms with van der Waals surface area (Å²) in [6.07, 6.45) is 1.72. The molecule has 0 radical (unpaired) electrons. The molecule has 4 nitrogen and oxygen atoms in total. The van der Waals surface area contributed by atoms with Crippen molar-refractivity contribution >= 4 is 22.5 Å². The SMILES string of the molecule is O=C(c1ccnc2ccccc12)N1CCN(c2ccccc2)CC1. The monoisotopic (exact) mass is 317 g/mol. The van der Waals surface area contributed by atoms with Crippen LogP contribution in [0.3, 0.4) is 0 Å². The number of benzene rings is 2. The van der Waals surface area contributed by atoms with Gasteiger partial charge in [0.1, 0.15) is 0 Å². The van der Waals surface area contributed by atoms with Crippen LogP contribution in [0.4, 0.5) is 5.69 Å². The average Bonchev–Trinajstić information content (AvgIpc) is 2.68. The molecule has 0 saturated carbocycles. The molecule has 0 spiro atoms. The summed E-state index contributed by atoms with van der Waals surface area (Å²) in [7, 11) is 0. The quantitative estimate of drug-likeness (QED) is 0.728. The van der Waals surface area contributed by atoms with E-state index in [4.69, 9.17) is 0 Å². The first-order valence-corrected chi connectivity index (χ1v) is 8.26. The van der Waals surface area contributed by atoms with Crippen molar-refractivity contribution in [1.82, 2.24) is 9.88 Å². The Labute approximate surface area is 141 Å². The Morgan fingerprint density at radius 1 is 0.833 bits per heavy atom. The molecule has 120 valence electrons. The Morgan fingerprint density at radius 2 is 1.54 bits per heavy atom. The smallest absolute Gasteiger partial charge is 0.254 e. The molecule has 24 heavy (non-hydrogen) atoms. The second-order valence-corrected chi connectivity index (χ2v) is 5.99. The molecular weight excluding hydrogens is 298 g/mol. The van der Waals surface area contributed by atoms with Crippen LogP contribution in [-0.4, -0.2) is 42.0 Å². The van der Waals surface area contributed by atoms with Gasteiger partial charge in [-0.05, 0) is 24.3 Å². The van der Waals surface area contributed by atoms with E-state index < -0.39 is 0 Å². The maximum atomic E-state index is 12.9. The van der Waals surface area contributed by atoms with Gasteiger partial charge in [-0.15, -0.1) is 0 Å². The van der Waals surface area contributed by atoms with Gasteiger partial charge in [0.2, 0.25) is 0 Å².